The zero-order chi connectivity index (χ0) is 17.5. The number of likely N-dealkylation sites (N-methyl/N-ethyl adjacent to an activating group) is 1. The number of nitrogens with zero attached hydrogens (tertiary/aromatic N) is 2. The first-order chi connectivity index (χ1) is 12.3. The third-order valence-electron chi connectivity index (χ3n) is 4.27. The summed E-state index contributed by atoms with van der Waals surface area (Å²) in [6.07, 6.45) is 5.13. The van der Waals surface area contributed by atoms with Gasteiger partial charge in [0.05, 0.1) is 0 Å². The van der Waals surface area contributed by atoms with Crippen molar-refractivity contribution in [3.8, 4) is 11.6 Å². The molecule has 2 aromatic rings. The predicted molar refractivity (Wildman–Crippen MR) is 102 cm³/mol. The summed E-state index contributed by atoms with van der Waals surface area (Å²) >= 11 is 0. The van der Waals surface area contributed by atoms with Gasteiger partial charge in [0, 0.05) is 30.9 Å². The number of hydrogen-bond donors (Lipinski definition) is 2. The van der Waals surface area contributed by atoms with Crippen LogP contribution in [0.1, 0.15) is 29.5 Å². The van der Waals surface area contributed by atoms with Crippen LogP contribution >= 0.6 is 0 Å². The minimum atomic E-state index is 0.601. The number of rotatable bonds is 6. The number of aliphatic imine (C=N–C) groups is 1. The summed E-state index contributed by atoms with van der Waals surface area (Å²) in [6.45, 7) is 4.88. The van der Waals surface area contributed by atoms with Gasteiger partial charge in [-0.1, -0.05) is 12.1 Å². The third-order valence-corrected chi connectivity index (χ3v) is 4.27. The lowest BCUT2D eigenvalue weighted by Crippen LogP contribution is -2.24. The van der Waals surface area contributed by atoms with Crippen molar-refractivity contribution in [2.75, 3.05) is 26.7 Å². The second kappa shape index (κ2) is 8.62. The Kier molecular flexibility index (Phi) is 6.01. The highest BCUT2D eigenvalue weighted by molar-refractivity contribution is 5.98. The zero-order valence-corrected chi connectivity index (χ0v) is 15.0. The SMILES string of the molecule is CNCCc1ccc(Oc2ccc(C3=NCCCCN3)cn2)c(C)c1. The monoisotopic (exact) mass is 338 g/mol. The Morgan fingerprint density at radius 1 is 1.20 bits per heavy atom. The van der Waals surface area contributed by atoms with Crippen LogP contribution < -0.4 is 15.4 Å². The van der Waals surface area contributed by atoms with Gasteiger partial charge in [-0.2, -0.15) is 0 Å². The molecule has 5 nitrogen and oxygen atoms in total. The van der Waals surface area contributed by atoms with Crippen LogP contribution in [-0.2, 0) is 6.42 Å². The minimum Gasteiger partial charge on any atom is -0.439 e. The Morgan fingerprint density at radius 2 is 2.12 bits per heavy atom. The number of pyridine rings is 1. The molecule has 1 aromatic heterocycles. The fourth-order valence-electron chi connectivity index (χ4n) is 2.83. The summed E-state index contributed by atoms with van der Waals surface area (Å²) in [6, 6.07) is 10.2. The van der Waals surface area contributed by atoms with Crippen LogP contribution in [0.15, 0.2) is 41.5 Å². The van der Waals surface area contributed by atoms with Crippen molar-refractivity contribution in [2.24, 2.45) is 4.99 Å². The van der Waals surface area contributed by atoms with Crippen molar-refractivity contribution >= 4 is 5.84 Å². The molecule has 25 heavy (non-hydrogen) atoms. The molecular formula is C20H26N4O. The molecule has 0 aliphatic carbocycles. The largest absolute Gasteiger partial charge is 0.439 e. The summed E-state index contributed by atoms with van der Waals surface area (Å²) in [4.78, 5) is 9.01. The Hall–Kier alpha value is -2.40. The number of amidine groups is 1. The van der Waals surface area contributed by atoms with Crippen LogP contribution in [0, 0.1) is 6.92 Å². The van der Waals surface area contributed by atoms with E-state index in [-0.39, 0.29) is 0 Å². The topological polar surface area (TPSA) is 58.5 Å². The summed E-state index contributed by atoms with van der Waals surface area (Å²) in [7, 11) is 1.97. The lowest BCUT2D eigenvalue weighted by Gasteiger charge is -2.11. The third kappa shape index (κ3) is 4.79. The van der Waals surface area contributed by atoms with Gasteiger partial charge in [-0.25, -0.2) is 4.98 Å². The molecule has 1 aliphatic heterocycles. The van der Waals surface area contributed by atoms with Crippen molar-refractivity contribution in [2.45, 2.75) is 26.2 Å². The van der Waals surface area contributed by atoms with Crippen LogP contribution in [0.2, 0.25) is 0 Å². The van der Waals surface area contributed by atoms with Gasteiger partial charge in [0.1, 0.15) is 11.6 Å². The van der Waals surface area contributed by atoms with E-state index in [9.17, 15) is 0 Å². The van der Waals surface area contributed by atoms with Crippen molar-refractivity contribution in [1.82, 2.24) is 15.6 Å². The Labute approximate surface area is 149 Å². The van der Waals surface area contributed by atoms with Gasteiger partial charge in [0.15, 0.2) is 0 Å². The first-order valence-corrected chi connectivity index (χ1v) is 8.93. The first-order valence-electron chi connectivity index (χ1n) is 8.93. The molecule has 0 saturated heterocycles. The van der Waals surface area contributed by atoms with E-state index >= 15 is 0 Å². The maximum absolute atomic E-state index is 5.95. The van der Waals surface area contributed by atoms with Crippen LogP contribution in [-0.4, -0.2) is 37.5 Å². The molecule has 0 spiro atoms. The molecule has 0 atom stereocenters. The Balaban J connectivity index is 1.68. The van der Waals surface area contributed by atoms with Gasteiger partial charge < -0.3 is 15.4 Å². The molecule has 1 aromatic carbocycles. The molecule has 0 amide bonds. The Morgan fingerprint density at radius 3 is 2.88 bits per heavy atom. The van der Waals surface area contributed by atoms with E-state index in [1.165, 1.54) is 5.56 Å². The smallest absolute Gasteiger partial charge is 0.219 e. The lowest BCUT2D eigenvalue weighted by atomic mass is 10.1. The molecule has 132 valence electrons. The number of aryl methyl sites for hydroxylation is 1. The number of ether oxygens (including phenoxy) is 1. The lowest BCUT2D eigenvalue weighted by molar-refractivity contribution is 0.459. The quantitative estimate of drug-likeness (QED) is 0.850. The van der Waals surface area contributed by atoms with Crippen molar-refractivity contribution in [1.29, 1.82) is 0 Å². The second-order valence-electron chi connectivity index (χ2n) is 6.30. The molecule has 2 N–H and O–H groups in total. The van der Waals surface area contributed by atoms with Gasteiger partial charge in [-0.15, -0.1) is 0 Å². The molecule has 3 rings (SSSR count). The molecular weight excluding hydrogens is 312 g/mol. The molecule has 0 unspecified atom stereocenters. The molecule has 0 bridgehead atoms. The van der Waals surface area contributed by atoms with Gasteiger partial charge in [-0.05, 0) is 63.0 Å². The minimum absolute atomic E-state index is 0.601. The zero-order valence-electron chi connectivity index (χ0n) is 15.0. The number of hydrogen-bond acceptors (Lipinski definition) is 5. The highest BCUT2D eigenvalue weighted by atomic mass is 16.5. The van der Waals surface area contributed by atoms with Gasteiger partial charge in [-0.3, -0.25) is 4.99 Å². The number of benzene rings is 1. The van der Waals surface area contributed by atoms with Crippen molar-refractivity contribution in [3.05, 3.63) is 53.2 Å². The summed E-state index contributed by atoms with van der Waals surface area (Å²) in [5, 5.41) is 6.53. The first kappa shape index (κ1) is 17.4. The van der Waals surface area contributed by atoms with E-state index in [4.69, 9.17) is 4.74 Å². The standard InChI is InChI=1S/C20H26N4O/c1-15-13-16(9-12-21-2)5-7-18(15)25-19-8-6-17(14-24-19)20-22-10-3-4-11-23-20/h5-8,13-14,21H,3-4,9-12H2,1-2H3,(H,22,23). The number of nitrogens with one attached hydrogen (secondary N) is 2. The maximum atomic E-state index is 5.95. The average molecular weight is 338 g/mol. The molecule has 2 heterocycles. The average Bonchev–Trinajstić information content (AvgIpc) is 2.92. The molecule has 5 heteroatoms. The van der Waals surface area contributed by atoms with E-state index < -0.39 is 0 Å². The van der Waals surface area contributed by atoms with E-state index in [0.717, 1.165) is 61.6 Å². The van der Waals surface area contributed by atoms with Crippen LogP contribution in [0.3, 0.4) is 0 Å². The van der Waals surface area contributed by atoms with E-state index in [1.807, 2.05) is 31.4 Å². The van der Waals surface area contributed by atoms with E-state index in [1.54, 1.807) is 0 Å². The highest BCUT2D eigenvalue weighted by Gasteiger charge is 2.08. The maximum Gasteiger partial charge on any atom is 0.219 e. The van der Waals surface area contributed by atoms with Gasteiger partial charge in [0.2, 0.25) is 5.88 Å². The van der Waals surface area contributed by atoms with Crippen molar-refractivity contribution in [3.63, 3.8) is 0 Å². The van der Waals surface area contributed by atoms with Gasteiger partial charge >= 0.3 is 0 Å². The van der Waals surface area contributed by atoms with Crippen molar-refractivity contribution < 1.29 is 4.74 Å². The molecule has 0 fully saturated rings. The van der Waals surface area contributed by atoms with E-state index in [0.29, 0.717) is 5.88 Å². The summed E-state index contributed by atoms with van der Waals surface area (Å²) in [5.74, 6) is 2.38. The normalized spacial score (nSPS) is 14.4. The van der Waals surface area contributed by atoms with E-state index in [2.05, 4.69) is 39.7 Å². The predicted octanol–water partition coefficient (Wildman–Crippen LogP) is 3.07. The second-order valence-corrected chi connectivity index (χ2v) is 6.30. The molecule has 0 radical (unpaired) electrons. The molecule has 1 aliphatic rings. The fraction of sp³-hybridized carbons (Fsp3) is 0.400. The fourth-order valence-corrected chi connectivity index (χ4v) is 2.83. The van der Waals surface area contributed by atoms with Crippen LogP contribution in [0.25, 0.3) is 0 Å². The number of aromatic nitrogens is 1. The van der Waals surface area contributed by atoms with Crippen LogP contribution in [0.5, 0.6) is 11.6 Å². The van der Waals surface area contributed by atoms with Crippen LogP contribution in [0.4, 0.5) is 0 Å². The Bertz CT molecular complexity index is 725. The summed E-state index contributed by atoms with van der Waals surface area (Å²) < 4.78 is 5.95. The highest BCUT2D eigenvalue weighted by Crippen LogP contribution is 2.24. The summed E-state index contributed by atoms with van der Waals surface area (Å²) in [5.41, 5.74) is 3.43. The molecule has 0 saturated carbocycles. The van der Waals surface area contributed by atoms with Gasteiger partial charge in [0.25, 0.3) is 0 Å².